The predicted octanol–water partition coefficient (Wildman–Crippen LogP) is 3.74. The number of hydrogen-bond acceptors (Lipinski definition) is 1. The second-order valence-corrected chi connectivity index (χ2v) is 4.15. The van der Waals surface area contributed by atoms with E-state index in [0.29, 0.717) is 14.7 Å². The van der Waals surface area contributed by atoms with E-state index in [1.807, 2.05) is 0 Å². The van der Waals surface area contributed by atoms with Gasteiger partial charge in [-0.2, -0.15) is 0 Å². The lowest BCUT2D eigenvalue weighted by Gasteiger charge is -2.08. The van der Waals surface area contributed by atoms with Crippen molar-refractivity contribution in [2.24, 2.45) is 0 Å². The molecule has 1 rings (SSSR count). The number of carbonyl (C=O) groups excluding carboxylic acids is 1. The van der Waals surface area contributed by atoms with Crippen LogP contribution in [0.25, 0.3) is 0 Å². The third-order valence-electron chi connectivity index (χ3n) is 1.86. The van der Waals surface area contributed by atoms with Gasteiger partial charge in [0.1, 0.15) is 0 Å². The van der Waals surface area contributed by atoms with E-state index in [-0.39, 0.29) is 11.3 Å². The Morgan fingerprint density at radius 2 is 2.00 bits per heavy atom. The molecule has 0 radical (unpaired) electrons. The summed E-state index contributed by atoms with van der Waals surface area (Å²) >= 11 is 1.79. The van der Waals surface area contributed by atoms with Crippen LogP contribution < -0.4 is 0 Å². The Morgan fingerprint density at radius 1 is 1.43 bits per heavy atom. The standard InChI is InChI=1S/C10H9F2IO/c1-5-3-7(6(2)14)9(13)8(4-5)10(11)12/h3-4,10H,1-2H3. The van der Waals surface area contributed by atoms with E-state index in [0.717, 1.165) is 0 Å². The van der Waals surface area contributed by atoms with Gasteiger partial charge in [-0.15, -0.1) is 0 Å². The Labute approximate surface area is 94.6 Å². The van der Waals surface area contributed by atoms with Gasteiger partial charge in [0, 0.05) is 14.7 Å². The first-order valence-electron chi connectivity index (χ1n) is 4.02. The van der Waals surface area contributed by atoms with E-state index in [1.54, 1.807) is 35.6 Å². The molecule has 1 aromatic rings. The SMILES string of the molecule is CC(=O)c1cc(C)cc(C(F)F)c1I. The molecule has 0 spiro atoms. The van der Waals surface area contributed by atoms with Crippen molar-refractivity contribution in [3.05, 3.63) is 32.4 Å². The Hall–Kier alpha value is -0.520. The molecule has 0 aliphatic rings. The molecule has 1 aromatic carbocycles. The molecule has 0 N–H and O–H groups in total. The summed E-state index contributed by atoms with van der Waals surface area (Å²) in [7, 11) is 0. The van der Waals surface area contributed by atoms with Crippen LogP contribution in [-0.2, 0) is 0 Å². The van der Waals surface area contributed by atoms with E-state index in [1.165, 1.54) is 13.0 Å². The first-order valence-corrected chi connectivity index (χ1v) is 5.10. The van der Waals surface area contributed by atoms with E-state index in [9.17, 15) is 13.6 Å². The van der Waals surface area contributed by atoms with Gasteiger partial charge in [-0.3, -0.25) is 4.79 Å². The number of rotatable bonds is 2. The topological polar surface area (TPSA) is 17.1 Å². The Balaban J connectivity index is 3.40. The molecule has 0 fully saturated rings. The second-order valence-electron chi connectivity index (χ2n) is 3.07. The van der Waals surface area contributed by atoms with Gasteiger partial charge in [-0.1, -0.05) is 0 Å². The lowest BCUT2D eigenvalue weighted by atomic mass is 10.0. The summed E-state index contributed by atoms with van der Waals surface area (Å²) in [5.41, 5.74) is 1.00. The normalized spacial score (nSPS) is 10.7. The fourth-order valence-electron chi connectivity index (χ4n) is 1.21. The number of hydrogen-bond donors (Lipinski definition) is 0. The highest BCUT2D eigenvalue weighted by Crippen LogP contribution is 2.28. The molecule has 0 aliphatic carbocycles. The minimum absolute atomic E-state index is 0.0594. The summed E-state index contributed by atoms with van der Waals surface area (Å²) in [5, 5.41) is 0. The van der Waals surface area contributed by atoms with Crippen LogP contribution in [-0.4, -0.2) is 5.78 Å². The average molecular weight is 310 g/mol. The van der Waals surface area contributed by atoms with Gasteiger partial charge in [-0.05, 0) is 54.1 Å². The molecule has 0 heterocycles. The molecule has 0 aliphatic heterocycles. The molecule has 4 heteroatoms. The minimum Gasteiger partial charge on any atom is -0.294 e. The third kappa shape index (κ3) is 2.29. The molecule has 0 atom stereocenters. The van der Waals surface area contributed by atoms with Gasteiger partial charge >= 0.3 is 0 Å². The maximum atomic E-state index is 12.5. The fourth-order valence-corrected chi connectivity index (χ4v) is 2.14. The molecular weight excluding hydrogens is 301 g/mol. The first-order chi connectivity index (χ1) is 6.43. The van der Waals surface area contributed by atoms with Crippen molar-refractivity contribution in [3.8, 4) is 0 Å². The Bertz CT molecular complexity index is 375. The number of alkyl halides is 2. The van der Waals surface area contributed by atoms with Crippen LogP contribution in [0.1, 0.15) is 34.8 Å². The third-order valence-corrected chi connectivity index (χ3v) is 3.06. The highest BCUT2D eigenvalue weighted by molar-refractivity contribution is 14.1. The van der Waals surface area contributed by atoms with Crippen molar-refractivity contribution in [1.82, 2.24) is 0 Å². The summed E-state index contributed by atoms with van der Waals surface area (Å²) in [6.07, 6.45) is -2.53. The van der Waals surface area contributed by atoms with Crippen molar-refractivity contribution < 1.29 is 13.6 Å². The van der Waals surface area contributed by atoms with Gasteiger partial charge < -0.3 is 0 Å². The average Bonchev–Trinajstić information content (AvgIpc) is 2.07. The largest absolute Gasteiger partial charge is 0.294 e. The molecule has 14 heavy (non-hydrogen) atoms. The summed E-state index contributed by atoms with van der Waals surface area (Å²) in [6, 6.07) is 3.05. The van der Waals surface area contributed by atoms with Crippen LogP contribution in [0.4, 0.5) is 8.78 Å². The molecule has 0 saturated heterocycles. The van der Waals surface area contributed by atoms with Crippen molar-refractivity contribution >= 4 is 28.4 Å². The number of carbonyl (C=O) groups is 1. The van der Waals surface area contributed by atoms with Crippen LogP contribution in [0.2, 0.25) is 0 Å². The van der Waals surface area contributed by atoms with Crippen LogP contribution in [0.3, 0.4) is 0 Å². The lowest BCUT2D eigenvalue weighted by molar-refractivity contribution is 0.101. The minimum atomic E-state index is -2.53. The quantitative estimate of drug-likeness (QED) is 0.601. The number of benzene rings is 1. The highest BCUT2D eigenvalue weighted by atomic mass is 127. The monoisotopic (exact) mass is 310 g/mol. The van der Waals surface area contributed by atoms with Crippen molar-refractivity contribution in [3.63, 3.8) is 0 Å². The molecule has 0 aromatic heterocycles. The van der Waals surface area contributed by atoms with Gasteiger partial charge in [0.05, 0.1) is 0 Å². The molecule has 0 amide bonds. The van der Waals surface area contributed by atoms with Gasteiger partial charge in [-0.25, -0.2) is 8.78 Å². The number of halogens is 3. The first kappa shape index (κ1) is 11.6. The number of ketones is 1. The van der Waals surface area contributed by atoms with Crippen LogP contribution in [0.15, 0.2) is 12.1 Å². The molecule has 0 saturated carbocycles. The maximum Gasteiger partial charge on any atom is 0.264 e. The fraction of sp³-hybridized carbons (Fsp3) is 0.300. The summed E-state index contributed by atoms with van der Waals surface area (Å²) in [5.74, 6) is -0.181. The molecule has 1 nitrogen and oxygen atoms in total. The highest BCUT2D eigenvalue weighted by Gasteiger charge is 2.17. The predicted molar refractivity (Wildman–Crippen MR) is 58.9 cm³/mol. The van der Waals surface area contributed by atoms with Crippen molar-refractivity contribution in [1.29, 1.82) is 0 Å². The Morgan fingerprint density at radius 3 is 2.43 bits per heavy atom. The molecule has 0 unspecified atom stereocenters. The van der Waals surface area contributed by atoms with E-state index in [2.05, 4.69) is 0 Å². The summed E-state index contributed by atoms with van der Waals surface area (Å²) in [4.78, 5) is 11.1. The van der Waals surface area contributed by atoms with Crippen LogP contribution in [0.5, 0.6) is 0 Å². The number of aryl methyl sites for hydroxylation is 1. The van der Waals surface area contributed by atoms with Gasteiger partial charge in [0.2, 0.25) is 0 Å². The molecule has 76 valence electrons. The maximum absolute atomic E-state index is 12.5. The van der Waals surface area contributed by atoms with Gasteiger partial charge in [0.15, 0.2) is 5.78 Å². The smallest absolute Gasteiger partial charge is 0.264 e. The zero-order valence-corrected chi connectivity index (χ0v) is 9.93. The zero-order valence-electron chi connectivity index (χ0n) is 7.77. The van der Waals surface area contributed by atoms with E-state index >= 15 is 0 Å². The summed E-state index contributed by atoms with van der Waals surface area (Å²) < 4.78 is 25.4. The number of Topliss-reactive ketones (excluding diaryl/α,β-unsaturated/α-hetero) is 1. The van der Waals surface area contributed by atoms with Gasteiger partial charge in [0.25, 0.3) is 6.43 Å². The second kappa shape index (κ2) is 4.33. The van der Waals surface area contributed by atoms with Crippen LogP contribution >= 0.6 is 22.6 Å². The van der Waals surface area contributed by atoms with Crippen molar-refractivity contribution in [2.75, 3.05) is 0 Å². The van der Waals surface area contributed by atoms with E-state index < -0.39 is 6.43 Å². The summed E-state index contributed by atoms with van der Waals surface area (Å²) in [6.45, 7) is 3.08. The molecule has 0 bridgehead atoms. The Kier molecular flexibility index (Phi) is 3.58. The molecular formula is C10H9F2IO. The van der Waals surface area contributed by atoms with Crippen LogP contribution in [0, 0.1) is 10.5 Å². The van der Waals surface area contributed by atoms with Crippen molar-refractivity contribution in [2.45, 2.75) is 20.3 Å². The zero-order chi connectivity index (χ0) is 10.9. The van der Waals surface area contributed by atoms with E-state index in [4.69, 9.17) is 0 Å². The lowest BCUT2D eigenvalue weighted by Crippen LogP contribution is -2.01.